The summed E-state index contributed by atoms with van der Waals surface area (Å²) in [5.74, 6) is 0.139. The second-order valence-electron chi connectivity index (χ2n) is 3.93. The molecular formula is C14H14N2O2. The number of rotatable bonds is 4. The lowest BCUT2D eigenvalue weighted by Crippen LogP contribution is -2.30. The van der Waals surface area contributed by atoms with Gasteiger partial charge in [-0.05, 0) is 42.3 Å². The molecule has 0 aliphatic rings. The quantitative estimate of drug-likeness (QED) is 0.891. The molecule has 2 rings (SSSR count). The predicted octanol–water partition coefficient (Wildman–Crippen LogP) is 2.00. The average molecular weight is 242 g/mol. The number of nitrogens with zero attached hydrogens (tertiary/aromatic N) is 1. The summed E-state index contributed by atoms with van der Waals surface area (Å²) in [6.45, 7) is 1.63. The van der Waals surface area contributed by atoms with Gasteiger partial charge in [-0.25, -0.2) is 0 Å². The highest BCUT2D eigenvalue weighted by molar-refractivity contribution is 5.78. The lowest BCUT2D eigenvalue weighted by molar-refractivity contribution is -0.123. The van der Waals surface area contributed by atoms with Crippen molar-refractivity contribution in [3.63, 3.8) is 0 Å². The summed E-state index contributed by atoms with van der Waals surface area (Å²) >= 11 is 0. The molecule has 1 aromatic heterocycles. The number of pyridine rings is 1. The van der Waals surface area contributed by atoms with Crippen molar-refractivity contribution in [3.05, 3.63) is 48.8 Å². The highest BCUT2D eigenvalue weighted by atomic mass is 16.5. The van der Waals surface area contributed by atoms with Crippen LogP contribution < -0.4 is 10.5 Å². The predicted molar refractivity (Wildman–Crippen MR) is 69.0 cm³/mol. The third kappa shape index (κ3) is 2.85. The number of ether oxygens (including phenoxy) is 1. The molecule has 1 amide bonds. The van der Waals surface area contributed by atoms with E-state index in [9.17, 15) is 4.79 Å². The van der Waals surface area contributed by atoms with Gasteiger partial charge in [0.15, 0.2) is 6.10 Å². The second-order valence-corrected chi connectivity index (χ2v) is 3.93. The molecule has 0 fully saturated rings. The third-order valence-corrected chi connectivity index (χ3v) is 2.56. The van der Waals surface area contributed by atoms with Crippen LogP contribution in [0.3, 0.4) is 0 Å². The van der Waals surface area contributed by atoms with Gasteiger partial charge in [0.2, 0.25) is 0 Å². The van der Waals surface area contributed by atoms with Gasteiger partial charge in [-0.15, -0.1) is 0 Å². The number of nitrogens with two attached hydrogens (primary N) is 1. The molecule has 0 saturated carbocycles. The van der Waals surface area contributed by atoms with Gasteiger partial charge in [0, 0.05) is 12.4 Å². The van der Waals surface area contributed by atoms with Crippen LogP contribution in [0, 0.1) is 0 Å². The number of carbonyl (C=O) groups is 1. The first-order valence-corrected chi connectivity index (χ1v) is 5.63. The molecule has 2 N–H and O–H groups in total. The highest BCUT2D eigenvalue weighted by Crippen LogP contribution is 2.23. The molecule has 4 nitrogen and oxygen atoms in total. The monoisotopic (exact) mass is 242 g/mol. The Bertz CT molecular complexity index is 541. The lowest BCUT2D eigenvalue weighted by Gasteiger charge is -2.12. The highest BCUT2D eigenvalue weighted by Gasteiger charge is 2.10. The summed E-state index contributed by atoms with van der Waals surface area (Å²) in [5.41, 5.74) is 7.21. The number of aromatic nitrogens is 1. The van der Waals surface area contributed by atoms with Crippen LogP contribution >= 0.6 is 0 Å². The van der Waals surface area contributed by atoms with Gasteiger partial charge >= 0.3 is 0 Å². The molecule has 18 heavy (non-hydrogen) atoms. The van der Waals surface area contributed by atoms with E-state index in [0.29, 0.717) is 5.75 Å². The van der Waals surface area contributed by atoms with Crippen molar-refractivity contribution in [2.75, 3.05) is 0 Å². The fourth-order valence-corrected chi connectivity index (χ4v) is 1.56. The normalized spacial score (nSPS) is 11.8. The fraction of sp³-hybridized carbons (Fsp3) is 0.143. The second kappa shape index (κ2) is 5.31. The molecule has 1 aromatic carbocycles. The van der Waals surface area contributed by atoms with Crippen molar-refractivity contribution in [2.24, 2.45) is 5.73 Å². The van der Waals surface area contributed by atoms with Gasteiger partial charge in [0.05, 0.1) is 0 Å². The van der Waals surface area contributed by atoms with E-state index in [1.54, 1.807) is 25.4 Å². The standard InChI is InChI=1S/C14H14N2O2/c1-10(14(15)17)18-13-4-2-3-12(9-13)11-5-7-16-8-6-11/h2-10H,1H3,(H2,15,17). The molecule has 1 heterocycles. The van der Waals surface area contributed by atoms with Gasteiger partial charge in [-0.3, -0.25) is 9.78 Å². The first-order chi connectivity index (χ1) is 8.66. The van der Waals surface area contributed by atoms with E-state index in [2.05, 4.69) is 4.98 Å². The Morgan fingerprint density at radius 3 is 2.61 bits per heavy atom. The van der Waals surface area contributed by atoms with Crippen molar-refractivity contribution in [1.82, 2.24) is 4.98 Å². The maximum absolute atomic E-state index is 10.9. The minimum Gasteiger partial charge on any atom is -0.481 e. The van der Waals surface area contributed by atoms with Crippen molar-refractivity contribution in [2.45, 2.75) is 13.0 Å². The van der Waals surface area contributed by atoms with Crippen LogP contribution in [-0.2, 0) is 4.79 Å². The summed E-state index contributed by atoms with van der Waals surface area (Å²) < 4.78 is 5.45. The van der Waals surface area contributed by atoms with Gasteiger partial charge in [-0.2, -0.15) is 0 Å². The van der Waals surface area contributed by atoms with Crippen LogP contribution in [0.2, 0.25) is 0 Å². The molecule has 2 aromatic rings. The van der Waals surface area contributed by atoms with Gasteiger partial charge in [0.25, 0.3) is 5.91 Å². The van der Waals surface area contributed by atoms with Crippen LogP contribution in [-0.4, -0.2) is 17.0 Å². The zero-order valence-electron chi connectivity index (χ0n) is 10.0. The van der Waals surface area contributed by atoms with Gasteiger partial charge in [0.1, 0.15) is 5.75 Å². The molecule has 0 aliphatic carbocycles. The lowest BCUT2D eigenvalue weighted by atomic mass is 10.1. The smallest absolute Gasteiger partial charge is 0.258 e. The topological polar surface area (TPSA) is 65.2 Å². The molecule has 4 heteroatoms. The zero-order valence-corrected chi connectivity index (χ0v) is 10.0. The largest absolute Gasteiger partial charge is 0.481 e. The number of benzene rings is 1. The van der Waals surface area contributed by atoms with Gasteiger partial charge in [-0.1, -0.05) is 12.1 Å². The minimum absolute atomic E-state index is 0.482. The first kappa shape index (κ1) is 12.1. The molecule has 0 aliphatic heterocycles. The Hall–Kier alpha value is -2.36. The van der Waals surface area contributed by atoms with E-state index in [1.165, 1.54) is 0 Å². The maximum Gasteiger partial charge on any atom is 0.258 e. The first-order valence-electron chi connectivity index (χ1n) is 5.63. The maximum atomic E-state index is 10.9. The Labute approximate surface area is 105 Å². The molecule has 0 saturated heterocycles. The van der Waals surface area contributed by atoms with Crippen molar-refractivity contribution in [3.8, 4) is 16.9 Å². The van der Waals surface area contributed by atoms with Crippen molar-refractivity contribution in [1.29, 1.82) is 0 Å². The molecule has 0 spiro atoms. The molecular weight excluding hydrogens is 228 g/mol. The summed E-state index contributed by atoms with van der Waals surface area (Å²) in [4.78, 5) is 14.9. The van der Waals surface area contributed by atoms with E-state index < -0.39 is 12.0 Å². The number of hydrogen-bond acceptors (Lipinski definition) is 3. The van der Waals surface area contributed by atoms with Crippen molar-refractivity contribution < 1.29 is 9.53 Å². The Morgan fingerprint density at radius 2 is 1.94 bits per heavy atom. The van der Waals surface area contributed by atoms with Crippen LogP contribution in [0.5, 0.6) is 5.75 Å². The average Bonchev–Trinajstić information content (AvgIpc) is 2.40. The van der Waals surface area contributed by atoms with E-state index in [4.69, 9.17) is 10.5 Å². The summed E-state index contributed by atoms with van der Waals surface area (Å²) in [6, 6.07) is 11.3. The minimum atomic E-state index is -0.641. The molecule has 0 bridgehead atoms. The van der Waals surface area contributed by atoms with Crippen LogP contribution in [0.1, 0.15) is 6.92 Å². The Morgan fingerprint density at radius 1 is 1.22 bits per heavy atom. The van der Waals surface area contributed by atoms with Gasteiger partial charge < -0.3 is 10.5 Å². The Kier molecular flexibility index (Phi) is 3.57. The molecule has 1 atom stereocenters. The number of hydrogen-bond donors (Lipinski definition) is 1. The van der Waals surface area contributed by atoms with E-state index in [0.717, 1.165) is 11.1 Å². The SMILES string of the molecule is CC(Oc1cccc(-c2ccncc2)c1)C(N)=O. The fourth-order valence-electron chi connectivity index (χ4n) is 1.56. The van der Waals surface area contributed by atoms with Crippen molar-refractivity contribution >= 4 is 5.91 Å². The number of carbonyl (C=O) groups excluding carboxylic acids is 1. The summed E-state index contributed by atoms with van der Waals surface area (Å²) in [5, 5.41) is 0. The number of primary amides is 1. The molecule has 1 unspecified atom stereocenters. The number of amides is 1. The van der Waals surface area contributed by atoms with E-state index in [-0.39, 0.29) is 0 Å². The van der Waals surface area contributed by atoms with E-state index >= 15 is 0 Å². The molecule has 92 valence electrons. The summed E-state index contributed by atoms with van der Waals surface area (Å²) in [7, 11) is 0. The Balaban J connectivity index is 2.23. The van der Waals surface area contributed by atoms with E-state index in [1.807, 2.05) is 30.3 Å². The molecule has 0 radical (unpaired) electrons. The zero-order chi connectivity index (χ0) is 13.0. The van der Waals surface area contributed by atoms with Crippen LogP contribution in [0.15, 0.2) is 48.8 Å². The van der Waals surface area contributed by atoms with Crippen LogP contribution in [0.4, 0.5) is 0 Å². The third-order valence-electron chi connectivity index (χ3n) is 2.56. The van der Waals surface area contributed by atoms with Crippen LogP contribution in [0.25, 0.3) is 11.1 Å². The summed E-state index contributed by atoms with van der Waals surface area (Å²) in [6.07, 6.45) is 2.82.